The third-order valence-corrected chi connectivity index (χ3v) is 4.81. The maximum Gasteiger partial charge on any atom is 0.0408 e. The van der Waals surface area contributed by atoms with Crippen LogP contribution in [0.4, 0.5) is 11.4 Å². The summed E-state index contributed by atoms with van der Waals surface area (Å²) < 4.78 is 0. The third-order valence-electron chi connectivity index (χ3n) is 4.81. The first-order chi connectivity index (χ1) is 9.65. The minimum absolute atomic E-state index is 0.185. The van der Waals surface area contributed by atoms with Crippen molar-refractivity contribution in [2.24, 2.45) is 11.8 Å². The van der Waals surface area contributed by atoms with Gasteiger partial charge in [0.15, 0.2) is 0 Å². The Labute approximate surface area is 130 Å². The predicted molar refractivity (Wildman–Crippen MR) is 93.7 cm³/mol. The van der Waals surface area contributed by atoms with Crippen LogP contribution in [0.25, 0.3) is 0 Å². The van der Waals surface area contributed by atoms with Crippen molar-refractivity contribution in [3.8, 4) is 0 Å². The Morgan fingerprint density at radius 1 is 0.905 bits per heavy atom. The Bertz CT molecular complexity index is 539. The topological polar surface area (TPSA) is 52.0 Å². The van der Waals surface area contributed by atoms with Crippen molar-refractivity contribution in [2.75, 3.05) is 11.5 Å². The molecule has 1 aromatic rings. The molecule has 2 nitrogen and oxygen atoms in total. The van der Waals surface area contributed by atoms with Crippen LogP contribution in [-0.2, 0) is 24.7 Å². The van der Waals surface area contributed by atoms with Crippen LogP contribution in [0.15, 0.2) is 0 Å². The van der Waals surface area contributed by atoms with Gasteiger partial charge in [-0.1, -0.05) is 41.5 Å². The lowest BCUT2D eigenvalue weighted by Gasteiger charge is -2.27. The lowest BCUT2D eigenvalue weighted by Crippen LogP contribution is -2.19. The fourth-order valence-corrected chi connectivity index (χ4v) is 3.84. The Morgan fingerprint density at radius 2 is 1.43 bits per heavy atom. The second kappa shape index (κ2) is 5.55. The molecule has 21 heavy (non-hydrogen) atoms. The van der Waals surface area contributed by atoms with Gasteiger partial charge in [-0.15, -0.1) is 0 Å². The summed E-state index contributed by atoms with van der Waals surface area (Å²) >= 11 is 0. The maximum atomic E-state index is 6.58. The standard InChI is InChI=1S/C19H32N2/c1-11(2)9-14-13-7-8-19(5,6)16(13)18(21)15(17(14)20)10-12(3)4/h11-12H,7-10,20-21H2,1-6H3. The van der Waals surface area contributed by atoms with Crippen molar-refractivity contribution in [1.29, 1.82) is 0 Å². The molecule has 0 amide bonds. The molecule has 4 N–H and O–H groups in total. The number of nitrogens with two attached hydrogens (primary N) is 2. The van der Waals surface area contributed by atoms with E-state index in [1.165, 1.54) is 28.7 Å². The molecule has 0 fully saturated rings. The number of benzene rings is 1. The van der Waals surface area contributed by atoms with E-state index in [1.807, 2.05) is 0 Å². The second-order valence-corrected chi connectivity index (χ2v) is 8.22. The van der Waals surface area contributed by atoms with Crippen LogP contribution >= 0.6 is 0 Å². The van der Waals surface area contributed by atoms with Crippen molar-refractivity contribution in [2.45, 2.75) is 72.6 Å². The molecule has 0 saturated heterocycles. The molecule has 1 aliphatic rings. The molecule has 1 aromatic carbocycles. The lowest BCUT2D eigenvalue weighted by molar-refractivity contribution is 0.523. The van der Waals surface area contributed by atoms with Crippen molar-refractivity contribution in [1.82, 2.24) is 0 Å². The molecule has 0 aromatic heterocycles. The van der Waals surface area contributed by atoms with Gasteiger partial charge in [0.2, 0.25) is 0 Å². The quantitative estimate of drug-likeness (QED) is 0.803. The fraction of sp³-hybridized carbons (Fsp3) is 0.684. The summed E-state index contributed by atoms with van der Waals surface area (Å²) in [5.74, 6) is 1.19. The summed E-state index contributed by atoms with van der Waals surface area (Å²) in [5, 5.41) is 0. The molecule has 0 heterocycles. The lowest BCUT2D eigenvalue weighted by atomic mass is 9.80. The van der Waals surface area contributed by atoms with E-state index in [4.69, 9.17) is 11.5 Å². The van der Waals surface area contributed by atoms with Gasteiger partial charge in [0, 0.05) is 11.4 Å². The molecule has 0 saturated carbocycles. The van der Waals surface area contributed by atoms with Gasteiger partial charge in [-0.25, -0.2) is 0 Å². The molecule has 0 spiro atoms. The van der Waals surface area contributed by atoms with E-state index in [9.17, 15) is 0 Å². The largest absolute Gasteiger partial charge is 0.398 e. The summed E-state index contributed by atoms with van der Waals surface area (Å²) in [6, 6.07) is 0. The van der Waals surface area contributed by atoms with Crippen molar-refractivity contribution >= 4 is 11.4 Å². The molecule has 0 bridgehead atoms. The van der Waals surface area contributed by atoms with E-state index in [1.54, 1.807) is 0 Å². The zero-order chi connectivity index (χ0) is 15.9. The van der Waals surface area contributed by atoms with Gasteiger partial charge >= 0.3 is 0 Å². The monoisotopic (exact) mass is 288 g/mol. The summed E-state index contributed by atoms with van der Waals surface area (Å²) in [7, 11) is 0. The first kappa shape index (κ1) is 16.2. The van der Waals surface area contributed by atoms with Gasteiger partial charge in [0.1, 0.15) is 0 Å². The SMILES string of the molecule is CC(C)Cc1c(N)c(CC(C)C)c2c(c1N)C(C)(C)CC2. The molecule has 0 atom stereocenters. The smallest absolute Gasteiger partial charge is 0.0408 e. The number of hydrogen-bond donors (Lipinski definition) is 2. The van der Waals surface area contributed by atoms with Crippen LogP contribution in [-0.4, -0.2) is 0 Å². The average Bonchev–Trinajstić information content (AvgIpc) is 2.65. The zero-order valence-corrected chi connectivity index (χ0v) is 14.6. The summed E-state index contributed by atoms with van der Waals surface area (Å²) in [4.78, 5) is 0. The van der Waals surface area contributed by atoms with Crippen LogP contribution in [0.5, 0.6) is 0 Å². The molecule has 0 radical (unpaired) electrons. The minimum Gasteiger partial charge on any atom is -0.398 e. The van der Waals surface area contributed by atoms with Crippen molar-refractivity contribution < 1.29 is 0 Å². The number of rotatable bonds is 4. The minimum atomic E-state index is 0.185. The number of hydrogen-bond acceptors (Lipinski definition) is 2. The molecule has 2 heteroatoms. The summed E-state index contributed by atoms with van der Waals surface area (Å²) in [6.07, 6.45) is 4.35. The Kier molecular flexibility index (Phi) is 4.28. The van der Waals surface area contributed by atoms with Crippen molar-refractivity contribution in [3.63, 3.8) is 0 Å². The fourth-order valence-electron chi connectivity index (χ4n) is 3.84. The van der Waals surface area contributed by atoms with Gasteiger partial charge in [0.25, 0.3) is 0 Å². The first-order valence-corrected chi connectivity index (χ1v) is 8.37. The van der Waals surface area contributed by atoms with Gasteiger partial charge < -0.3 is 11.5 Å². The molecular weight excluding hydrogens is 256 g/mol. The molecule has 1 aliphatic carbocycles. The summed E-state index contributed by atoms with van der Waals surface area (Å²) in [6.45, 7) is 13.7. The zero-order valence-electron chi connectivity index (χ0n) is 14.6. The molecule has 2 rings (SSSR count). The van der Waals surface area contributed by atoms with Crippen LogP contribution in [0.1, 0.15) is 70.2 Å². The van der Waals surface area contributed by atoms with Crippen LogP contribution in [0.3, 0.4) is 0 Å². The highest BCUT2D eigenvalue weighted by Gasteiger charge is 2.36. The van der Waals surface area contributed by atoms with E-state index in [0.29, 0.717) is 11.8 Å². The summed E-state index contributed by atoms with van der Waals surface area (Å²) in [5.41, 5.74) is 20.7. The number of nitrogen functional groups attached to an aromatic ring is 2. The normalized spacial score (nSPS) is 16.8. The van der Waals surface area contributed by atoms with Gasteiger partial charge in [-0.3, -0.25) is 0 Å². The van der Waals surface area contributed by atoms with E-state index < -0.39 is 0 Å². The molecule has 0 aliphatic heterocycles. The third kappa shape index (κ3) is 2.90. The van der Waals surface area contributed by atoms with Crippen LogP contribution in [0, 0.1) is 11.8 Å². The highest BCUT2D eigenvalue weighted by molar-refractivity contribution is 5.75. The Morgan fingerprint density at radius 3 is 1.95 bits per heavy atom. The highest BCUT2D eigenvalue weighted by atomic mass is 14.7. The molecule has 118 valence electrons. The highest BCUT2D eigenvalue weighted by Crippen LogP contribution is 2.47. The van der Waals surface area contributed by atoms with E-state index in [-0.39, 0.29) is 5.41 Å². The average molecular weight is 288 g/mol. The Balaban J connectivity index is 2.69. The van der Waals surface area contributed by atoms with Crippen molar-refractivity contribution in [3.05, 3.63) is 22.3 Å². The van der Waals surface area contributed by atoms with Gasteiger partial charge in [0.05, 0.1) is 0 Å². The van der Waals surface area contributed by atoms with Crippen LogP contribution < -0.4 is 11.5 Å². The van der Waals surface area contributed by atoms with Gasteiger partial charge in [-0.05, 0) is 65.2 Å². The second-order valence-electron chi connectivity index (χ2n) is 8.22. The maximum absolute atomic E-state index is 6.58. The Hall–Kier alpha value is -1.18. The molecular formula is C19H32N2. The predicted octanol–water partition coefficient (Wildman–Crippen LogP) is 4.47. The van der Waals surface area contributed by atoms with E-state index in [0.717, 1.165) is 30.6 Å². The number of fused-ring (bicyclic) bond motifs is 1. The molecule has 0 unspecified atom stereocenters. The van der Waals surface area contributed by atoms with E-state index in [2.05, 4.69) is 41.5 Å². The van der Waals surface area contributed by atoms with Gasteiger partial charge in [-0.2, -0.15) is 0 Å². The first-order valence-electron chi connectivity index (χ1n) is 8.37. The number of anilines is 2. The van der Waals surface area contributed by atoms with E-state index >= 15 is 0 Å². The van der Waals surface area contributed by atoms with Crippen LogP contribution in [0.2, 0.25) is 0 Å².